The summed E-state index contributed by atoms with van der Waals surface area (Å²) in [5.74, 6) is -7.28. The number of rotatable bonds is 10. The normalized spacial score (nSPS) is 11.8. The largest absolute Gasteiger partial charge is 0.429 e. The van der Waals surface area contributed by atoms with Crippen LogP contribution in [0.15, 0.2) is 91.0 Å². The third kappa shape index (κ3) is 7.26. The third-order valence-electron chi connectivity index (χ3n) is 6.06. The first-order valence-electron chi connectivity index (χ1n) is 12.4. The van der Waals surface area contributed by atoms with Gasteiger partial charge in [0.2, 0.25) is 0 Å². The summed E-state index contributed by atoms with van der Waals surface area (Å²) < 4.78 is 132. The molecule has 0 fully saturated rings. The molecule has 4 rings (SSSR count). The molecule has 0 saturated heterocycles. The van der Waals surface area contributed by atoms with Gasteiger partial charge in [0.25, 0.3) is 6.08 Å². The Labute approximate surface area is 234 Å². The molecular weight excluding hydrogens is 575 g/mol. The minimum Gasteiger partial charge on any atom is -0.429 e. The molecule has 0 aliphatic heterocycles. The first-order chi connectivity index (χ1) is 19.8. The molecule has 0 aromatic heterocycles. The summed E-state index contributed by atoms with van der Waals surface area (Å²) in [4.78, 5) is 0. The fourth-order valence-corrected chi connectivity index (χ4v) is 4.12. The Morgan fingerprint density at radius 1 is 0.690 bits per heavy atom. The zero-order valence-corrected chi connectivity index (χ0v) is 21.7. The summed E-state index contributed by atoms with van der Waals surface area (Å²) >= 11 is 0. The number of hydrogen-bond donors (Lipinski definition) is 0. The Bertz CT molecular complexity index is 1550. The second-order valence-electron chi connectivity index (χ2n) is 9.15. The van der Waals surface area contributed by atoms with E-state index >= 15 is 0 Å². The lowest BCUT2D eigenvalue weighted by Gasteiger charge is -2.20. The highest BCUT2D eigenvalue weighted by molar-refractivity contribution is 5.71. The Balaban J connectivity index is 1.50. The van der Waals surface area contributed by atoms with E-state index in [1.54, 1.807) is 6.07 Å². The molecule has 0 bridgehead atoms. The molecule has 42 heavy (non-hydrogen) atoms. The van der Waals surface area contributed by atoms with Gasteiger partial charge in [-0.3, -0.25) is 0 Å². The maximum absolute atomic E-state index is 15.0. The van der Waals surface area contributed by atoms with Crippen molar-refractivity contribution in [3.05, 3.63) is 120 Å². The first-order valence-corrected chi connectivity index (χ1v) is 12.4. The maximum atomic E-state index is 15.0. The molecule has 0 saturated carbocycles. The Morgan fingerprint density at radius 2 is 1.26 bits per heavy atom. The summed E-state index contributed by atoms with van der Waals surface area (Å²) in [5, 5.41) is 0. The molecule has 2 nitrogen and oxygen atoms in total. The van der Waals surface area contributed by atoms with E-state index in [1.165, 1.54) is 24.3 Å². The molecule has 220 valence electrons. The van der Waals surface area contributed by atoms with Crippen LogP contribution in [0, 0.1) is 17.5 Å². The van der Waals surface area contributed by atoms with Gasteiger partial charge in [-0.2, -0.15) is 26.3 Å². The van der Waals surface area contributed by atoms with E-state index in [9.17, 15) is 39.5 Å². The lowest BCUT2D eigenvalue weighted by atomic mass is 9.98. The van der Waals surface area contributed by atoms with Gasteiger partial charge in [-0.05, 0) is 46.9 Å². The minimum absolute atomic E-state index is 0.126. The highest BCUT2D eigenvalue weighted by Gasteiger charge is 2.37. The van der Waals surface area contributed by atoms with Crippen molar-refractivity contribution in [2.24, 2.45) is 0 Å². The quantitative estimate of drug-likeness (QED) is 0.170. The molecule has 0 radical (unpaired) electrons. The topological polar surface area (TPSA) is 18.5 Å². The van der Waals surface area contributed by atoms with E-state index in [2.05, 4.69) is 16.4 Å². The standard InChI is InChI=1S/C31H21F9O2/c1-2-3-18-4-6-19(7-5-18)21-10-13-24(25(32)14-21)20-8-11-22(12-9-20)31(39,40)41-23-15-26(33)29(27(34)16-23)42-30(37,38)17-28(35)36/h4-17H,2-3H2,1H3. The van der Waals surface area contributed by atoms with Gasteiger partial charge in [0, 0.05) is 17.7 Å². The molecule has 0 aliphatic carbocycles. The van der Waals surface area contributed by atoms with Gasteiger partial charge in [-0.25, -0.2) is 13.2 Å². The van der Waals surface area contributed by atoms with Gasteiger partial charge < -0.3 is 9.47 Å². The predicted molar refractivity (Wildman–Crippen MR) is 138 cm³/mol. The maximum Gasteiger partial charge on any atom is 0.426 e. The monoisotopic (exact) mass is 596 g/mol. The second-order valence-corrected chi connectivity index (χ2v) is 9.15. The van der Waals surface area contributed by atoms with Gasteiger partial charge >= 0.3 is 12.2 Å². The Hall–Kier alpha value is -4.41. The Kier molecular flexibility index (Phi) is 8.89. The summed E-state index contributed by atoms with van der Waals surface area (Å²) in [6, 6.07) is 16.7. The van der Waals surface area contributed by atoms with Crippen molar-refractivity contribution >= 4 is 0 Å². The summed E-state index contributed by atoms with van der Waals surface area (Å²) in [6.07, 6.45) is -10.9. The van der Waals surface area contributed by atoms with Crippen molar-refractivity contribution in [1.29, 1.82) is 0 Å². The molecule has 0 N–H and O–H groups in total. The van der Waals surface area contributed by atoms with Crippen LogP contribution in [0.2, 0.25) is 0 Å². The molecule has 0 heterocycles. The number of alkyl halides is 4. The molecule has 0 aliphatic rings. The number of ether oxygens (including phenoxy) is 2. The lowest BCUT2D eigenvalue weighted by Crippen LogP contribution is -2.24. The highest BCUT2D eigenvalue weighted by atomic mass is 19.3. The first kappa shape index (κ1) is 30.5. The zero-order valence-electron chi connectivity index (χ0n) is 21.7. The summed E-state index contributed by atoms with van der Waals surface area (Å²) in [6.45, 7) is 2.07. The van der Waals surface area contributed by atoms with Crippen LogP contribution in [0.1, 0.15) is 24.5 Å². The van der Waals surface area contributed by atoms with Crippen molar-refractivity contribution in [1.82, 2.24) is 0 Å². The van der Waals surface area contributed by atoms with Crippen molar-refractivity contribution in [3.63, 3.8) is 0 Å². The van der Waals surface area contributed by atoms with Crippen molar-refractivity contribution in [2.45, 2.75) is 32.0 Å². The fourth-order valence-electron chi connectivity index (χ4n) is 4.12. The van der Waals surface area contributed by atoms with Gasteiger partial charge in [-0.1, -0.05) is 61.9 Å². The summed E-state index contributed by atoms with van der Waals surface area (Å²) in [5.41, 5.74) is 2.21. The number of halogens is 9. The van der Waals surface area contributed by atoms with Gasteiger partial charge in [0.05, 0.1) is 11.6 Å². The van der Waals surface area contributed by atoms with E-state index in [0.29, 0.717) is 5.56 Å². The molecule has 0 atom stereocenters. The van der Waals surface area contributed by atoms with Crippen LogP contribution in [0.5, 0.6) is 11.5 Å². The number of aryl methyl sites for hydroxylation is 1. The molecule has 4 aromatic carbocycles. The molecule has 0 spiro atoms. The average Bonchev–Trinajstić information content (AvgIpc) is 2.90. The van der Waals surface area contributed by atoms with E-state index in [4.69, 9.17) is 0 Å². The predicted octanol–water partition coefficient (Wildman–Crippen LogP) is 10.3. The van der Waals surface area contributed by atoms with Gasteiger partial charge in [0.1, 0.15) is 11.6 Å². The van der Waals surface area contributed by atoms with Crippen LogP contribution >= 0.6 is 0 Å². The van der Waals surface area contributed by atoms with Crippen LogP contribution in [-0.4, -0.2) is 6.11 Å². The minimum atomic E-state index is -4.78. The SMILES string of the molecule is CCCc1ccc(-c2ccc(-c3ccc(C(F)(F)Oc4cc(F)c(OC(F)(F)C=C(F)F)c(F)c4)cc3)c(F)c2)cc1. The van der Waals surface area contributed by atoms with Crippen LogP contribution in [0.4, 0.5) is 39.5 Å². The smallest absolute Gasteiger partial charge is 0.426 e. The van der Waals surface area contributed by atoms with Gasteiger partial charge in [0.15, 0.2) is 17.4 Å². The molecular formula is C31H21F9O2. The average molecular weight is 596 g/mol. The van der Waals surface area contributed by atoms with Crippen molar-refractivity contribution < 1.29 is 49.0 Å². The van der Waals surface area contributed by atoms with Crippen LogP contribution in [-0.2, 0) is 12.5 Å². The van der Waals surface area contributed by atoms with E-state index in [0.717, 1.165) is 36.1 Å². The molecule has 0 unspecified atom stereocenters. The Morgan fingerprint density at radius 3 is 1.81 bits per heavy atom. The van der Waals surface area contributed by atoms with Crippen molar-refractivity contribution in [2.75, 3.05) is 0 Å². The number of hydrogen-bond acceptors (Lipinski definition) is 2. The highest BCUT2D eigenvalue weighted by Crippen LogP contribution is 2.37. The molecule has 4 aromatic rings. The van der Waals surface area contributed by atoms with E-state index in [-0.39, 0.29) is 23.3 Å². The fraction of sp³-hybridized carbons (Fsp3) is 0.161. The van der Waals surface area contributed by atoms with Crippen LogP contribution in [0.3, 0.4) is 0 Å². The van der Waals surface area contributed by atoms with Crippen LogP contribution in [0.25, 0.3) is 22.3 Å². The summed E-state index contributed by atoms with van der Waals surface area (Å²) in [7, 11) is 0. The zero-order chi connectivity index (χ0) is 30.7. The number of benzene rings is 4. The van der Waals surface area contributed by atoms with Gasteiger partial charge in [-0.15, -0.1) is 0 Å². The van der Waals surface area contributed by atoms with Crippen LogP contribution < -0.4 is 9.47 Å². The second kappa shape index (κ2) is 12.2. The third-order valence-corrected chi connectivity index (χ3v) is 6.06. The molecule has 11 heteroatoms. The van der Waals surface area contributed by atoms with E-state index < -0.39 is 58.9 Å². The van der Waals surface area contributed by atoms with Crippen molar-refractivity contribution in [3.8, 4) is 33.8 Å². The van der Waals surface area contributed by atoms with E-state index in [1.807, 2.05) is 24.3 Å². The lowest BCUT2D eigenvalue weighted by molar-refractivity contribution is -0.185. The molecule has 0 amide bonds.